The maximum Gasteiger partial charge on any atom is 0.513 e. The van der Waals surface area contributed by atoms with Crippen LogP contribution in [0.4, 0.5) is 4.79 Å². The van der Waals surface area contributed by atoms with Crippen molar-refractivity contribution in [3.63, 3.8) is 0 Å². The predicted octanol–water partition coefficient (Wildman–Crippen LogP) is 2.72. The van der Waals surface area contributed by atoms with Crippen LogP contribution < -0.4 is 4.74 Å². The quantitative estimate of drug-likeness (QED) is 0.450. The highest BCUT2D eigenvalue weighted by Crippen LogP contribution is 2.15. The van der Waals surface area contributed by atoms with Gasteiger partial charge in [0.25, 0.3) is 5.91 Å². The lowest BCUT2D eigenvalue weighted by Gasteiger charge is -2.34. The first-order chi connectivity index (χ1) is 12.9. The molecule has 0 spiro atoms. The molecule has 0 aliphatic carbocycles. The predicted molar refractivity (Wildman–Crippen MR) is 101 cm³/mol. The summed E-state index contributed by atoms with van der Waals surface area (Å²) in [6, 6.07) is 6.33. The molecule has 1 aliphatic rings. The maximum atomic E-state index is 12.6. The van der Waals surface area contributed by atoms with Gasteiger partial charge in [-0.3, -0.25) is 9.59 Å². The number of hydrogen-bond acceptors (Lipinski definition) is 5. The minimum Gasteiger partial charge on any atom is -0.434 e. The number of piperazine rings is 1. The molecule has 1 saturated heterocycles. The Labute approximate surface area is 159 Å². The molecule has 1 heterocycles. The minimum absolute atomic E-state index is 0.0173. The lowest BCUT2D eigenvalue weighted by atomic mass is 10.1. The first-order valence-electron chi connectivity index (χ1n) is 9.11. The van der Waals surface area contributed by atoms with Gasteiger partial charge < -0.3 is 19.3 Å². The molecule has 7 nitrogen and oxygen atoms in total. The van der Waals surface area contributed by atoms with Crippen molar-refractivity contribution in [1.29, 1.82) is 0 Å². The Morgan fingerprint density at radius 1 is 1.04 bits per heavy atom. The number of carbonyl (C=O) groups is 3. The van der Waals surface area contributed by atoms with Crippen LogP contribution in [0.15, 0.2) is 36.4 Å². The molecule has 0 atom stereocenters. The minimum atomic E-state index is -0.774. The van der Waals surface area contributed by atoms with Crippen LogP contribution in [0.3, 0.4) is 0 Å². The number of carbonyl (C=O) groups excluding carboxylic acids is 3. The largest absolute Gasteiger partial charge is 0.513 e. The molecule has 1 aromatic carbocycles. The third-order valence-electron chi connectivity index (χ3n) is 4.07. The summed E-state index contributed by atoms with van der Waals surface area (Å²) in [4.78, 5) is 39.5. The number of ether oxygens (including phenoxy) is 2. The molecule has 0 aromatic heterocycles. The Kier molecular flexibility index (Phi) is 7.40. The number of amides is 2. The number of hydrogen-bond donors (Lipinski definition) is 0. The smallest absolute Gasteiger partial charge is 0.434 e. The van der Waals surface area contributed by atoms with E-state index in [1.54, 1.807) is 47.1 Å². The van der Waals surface area contributed by atoms with Gasteiger partial charge in [-0.1, -0.05) is 19.9 Å². The average molecular weight is 374 g/mol. The third kappa shape index (κ3) is 6.13. The molecule has 0 unspecified atom stereocenters. The zero-order chi connectivity index (χ0) is 19.8. The summed E-state index contributed by atoms with van der Waals surface area (Å²) < 4.78 is 9.68. The van der Waals surface area contributed by atoms with Crippen molar-refractivity contribution in [3.8, 4) is 5.75 Å². The van der Waals surface area contributed by atoms with E-state index < -0.39 is 6.16 Å². The summed E-state index contributed by atoms with van der Waals surface area (Å²) in [5.41, 5.74) is 0.505. The zero-order valence-electron chi connectivity index (χ0n) is 16.0. The van der Waals surface area contributed by atoms with Gasteiger partial charge in [0.15, 0.2) is 0 Å². The molecule has 1 aliphatic heterocycles. The molecule has 2 amide bonds. The van der Waals surface area contributed by atoms with Gasteiger partial charge in [-0.15, -0.1) is 0 Å². The van der Waals surface area contributed by atoms with Crippen molar-refractivity contribution in [2.45, 2.75) is 20.8 Å². The Morgan fingerprint density at radius 2 is 1.63 bits per heavy atom. The second-order valence-corrected chi connectivity index (χ2v) is 6.53. The Morgan fingerprint density at radius 3 is 2.19 bits per heavy atom. The van der Waals surface area contributed by atoms with Crippen molar-refractivity contribution in [2.24, 2.45) is 5.92 Å². The highest BCUT2D eigenvalue weighted by atomic mass is 16.7. The molecule has 1 fully saturated rings. The van der Waals surface area contributed by atoms with E-state index in [9.17, 15) is 14.4 Å². The lowest BCUT2D eigenvalue weighted by molar-refractivity contribution is -0.127. The van der Waals surface area contributed by atoms with Gasteiger partial charge in [0.05, 0.1) is 6.61 Å². The highest BCUT2D eigenvalue weighted by molar-refractivity contribution is 5.94. The average Bonchev–Trinajstić information content (AvgIpc) is 2.66. The second-order valence-electron chi connectivity index (χ2n) is 6.53. The molecule has 1 aromatic rings. The van der Waals surface area contributed by atoms with Crippen LogP contribution in [0.2, 0.25) is 0 Å². The summed E-state index contributed by atoms with van der Waals surface area (Å²) in [6.07, 6.45) is 2.70. The molecule has 0 bridgehead atoms. The first-order valence-corrected chi connectivity index (χ1v) is 9.11. The lowest BCUT2D eigenvalue weighted by Crippen LogP contribution is -2.50. The van der Waals surface area contributed by atoms with E-state index in [1.807, 2.05) is 19.9 Å². The monoisotopic (exact) mass is 374 g/mol. The molecule has 7 heteroatoms. The van der Waals surface area contributed by atoms with Crippen LogP contribution in [0.25, 0.3) is 0 Å². The van der Waals surface area contributed by atoms with Crippen molar-refractivity contribution in [3.05, 3.63) is 42.0 Å². The fourth-order valence-electron chi connectivity index (χ4n) is 2.60. The number of rotatable bonds is 5. The third-order valence-corrected chi connectivity index (χ3v) is 4.07. The molecule has 0 radical (unpaired) electrons. The van der Waals surface area contributed by atoms with E-state index in [4.69, 9.17) is 9.47 Å². The van der Waals surface area contributed by atoms with E-state index in [2.05, 4.69) is 0 Å². The number of nitrogens with zero attached hydrogens (tertiary/aromatic N) is 2. The molecule has 2 rings (SSSR count). The number of allylic oxidation sites excluding steroid dienone is 1. The fraction of sp³-hybridized carbons (Fsp3) is 0.450. The van der Waals surface area contributed by atoms with E-state index in [0.29, 0.717) is 43.4 Å². The van der Waals surface area contributed by atoms with Gasteiger partial charge >= 0.3 is 6.16 Å². The molecular weight excluding hydrogens is 348 g/mol. The van der Waals surface area contributed by atoms with Crippen LogP contribution in [0.5, 0.6) is 5.75 Å². The molecule has 146 valence electrons. The van der Waals surface area contributed by atoms with Crippen molar-refractivity contribution < 1.29 is 23.9 Å². The van der Waals surface area contributed by atoms with E-state index in [-0.39, 0.29) is 18.4 Å². The highest BCUT2D eigenvalue weighted by Gasteiger charge is 2.24. The van der Waals surface area contributed by atoms with E-state index >= 15 is 0 Å². The van der Waals surface area contributed by atoms with Crippen LogP contribution >= 0.6 is 0 Å². The van der Waals surface area contributed by atoms with Gasteiger partial charge in [-0.2, -0.15) is 0 Å². The van der Waals surface area contributed by atoms with Crippen LogP contribution in [0, 0.1) is 5.92 Å². The molecule has 27 heavy (non-hydrogen) atoms. The topological polar surface area (TPSA) is 76.2 Å². The van der Waals surface area contributed by atoms with Crippen molar-refractivity contribution in [1.82, 2.24) is 9.80 Å². The summed E-state index contributed by atoms with van der Waals surface area (Å²) >= 11 is 0. The zero-order valence-corrected chi connectivity index (χ0v) is 16.0. The number of benzene rings is 1. The SMILES string of the molecule is CCOC(=O)Oc1ccc(C(=O)N2CCN(C(=O)/C=C/C(C)C)CC2)cc1. The van der Waals surface area contributed by atoms with E-state index in [1.165, 1.54) is 0 Å². The van der Waals surface area contributed by atoms with Crippen LogP contribution in [-0.2, 0) is 9.53 Å². The first kappa shape index (κ1) is 20.5. The summed E-state index contributed by atoms with van der Waals surface area (Å²) in [6.45, 7) is 7.96. The van der Waals surface area contributed by atoms with Crippen LogP contribution in [0.1, 0.15) is 31.1 Å². The van der Waals surface area contributed by atoms with Crippen molar-refractivity contribution in [2.75, 3.05) is 32.8 Å². The van der Waals surface area contributed by atoms with Gasteiger partial charge in [0.2, 0.25) is 5.91 Å². The van der Waals surface area contributed by atoms with E-state index in [0.717, 1.165) is 0 Å². The molecule has 0 saturated carbocycles. The van der Waals surface area contributed by atoms with Gasteiger partial charge in [-0.25, -0.2) is 4.79 Å². The molecular formula is C20H26N2O5. The summed E-state index contributed by atoms with van der Waals surface area (Å²) in [7, 11) is 0. The van der Waals surface area contributed by atoms with Gasteiger partial charge in [0.1, 0.15) is 5.75 Å². The summed E-state index contributed by atoms with van der Waals surface area (Å²) in [5, 5.41) is 0. The molecule has 0 N–H and O–H groups in total. The normalized spacial score (nSPS) is 14.5. The van der Waals surface area contributed by atoms with Gasteiger partial charge in [-0.05, 0) is 43.2 Å². The van der Waals surface area contributed by atoms with Crippen molar-refractivity contribution >= 4 is 18.0 Å². The Balaban J connectivity index is 1.88. The van der Waals surface area contributed by atoms with Gasteiger partial charge in [0, 0.05) is 31.7 Å². The van der Waals surface area contributed by atoms with Crippen LogP contribution in [-0.4, -0.2) is 60.6 Å². The standard InChI is InChI=1S/C20H26N2O5/c1-4-26-20(25)27-17-8-6-16(7-9-17)19(24)22-13-11-21(12-14-22)18(23)10-5-15(2)3/h5-10,15H,4,11-14H2,1-3H3/b10-5+. The fourth-order valence-corrected chi connectivity index (χ4v) is 2.60. The Bertz CT molecular complexity index is 689. The summed E-state index contributed by atoms with van der Waals surface area (Å²) in [5.74, 6) is 0.517. The maximum absolute atomic E-state index is 12.6. The Hall–Kier alpha value is -2.83. The second kappa shape index (κ2) is 9.75.